The predicted molar refractivity (Wildman–Crippen MR) is 137 cm³/mol. The van der Waals surface area contributed by atoms with E-state index in [1.54, 1.807) is 0 Å². The van der Waals surface area contributed by atoms with Crippen molar-refractivity contribution in [3.05, 3.63) is 65.3 Å². The van der Waals surface area contributed by atoms with Gasteiger partial charge in [0.1, 0.15) is 17.2 Å². The minimum Gasteiger partial charge on any atom is -0.379 e. The van der Waals surface area contributed by atoms with Crippen molar-refractivity contribution in [2.45, 2.75) is 51.5 Å². The molecule has 2 fully saturated rings. The van der Waals surface area contributed by atoms with Crippen molar-refractivity contribution in [2.24, 2.45) is 0 Å². The normalized spacial score (nSPS) is 21.7. The third kappa shape index (κ3) is 4.49. The Morgan fingerprint density at radius 1 is 1.11 bits per heavy atom. The second-order valence-corrected chi connectivity index (χ2v) is 9.51. The van der Waals surface area contributed by atoms with E-state index in [1.807, 2.05) is 24.3 Å². The maximum absolute atomic E-state index is 5.76. The summed E-state index contributed by atoms with van der Waals surface area (Å²) in [6.07, 6.45) is 10.5. The summed E-state index contributed by atoms with van der Waals surface area (Å²) in [6.45, 7) is 5.85. The third-order valence-electron chi connectivity index (χ3n) is 7.03. The molecule has 5 heterocycles. The molecule has 1 N–H and O–H groups in total. The molecular formula is C28H32N6O. The van der Waals surface area contributed by atoms with Crippen molar-refractivity contribution in [1.29, 1.82) is 0 Å². The van der Waals surface area contributed by atoms with E-state index in [0.717, 1.165) is 97.3 Å². The van der Waals surface area contributed by atoms with Gasteiger partial charge in [0.2, 0.25) is 0 Å². The van der Waals surface area contributed by atoms with Crippen molar-refractivity contribution in [2.75, 3.05) is 26.3 Å². The quantitative estimate of drug-likeness (QED) is 0.563. The number of ether oxygens (including phenoxy) is 1. The molecule has 3 aromatic rings. The zero-order valence-corrected chi connectivity index (χ0v) is 20.3. The monoisotopic (exact) mass is 468 g/mol. The Morgan fingerprint density at radius 2 is 1.94 bits per heavy atom. The highest BCUT2D eigenvalue weighted by atomic mass is 16.5. The fraction of sp³-hybridized carbons (Fsp3) is 0.429. The molecule has 0 unspecified atom stereocenters. The van der Waals surface area contributed by atoms with Gasteiger partial charge in [-0.05, 0) is 56.4 Å². The van der Waals surface area contributed by atoms with Crippen LogP contribution in [0, 0.1) is 0 Å². The molecule has 0 radical (unpaired) electrons. The SMILES string of the molecule is CCc1nc2ccccc2nc1-c1cc2n(n1)/C(N[C@H]1CCCOC1)=C\C(N1CCCC1)=C=CC2. The molecule has 1 atom stereocenters. The number of aromatic nitrogens is 4. The molecule has 1 aromatic carbocycles. The van der Waals surface area contributed by atoms with Crippen LogP contribution < -0.4 is 5.32 Å². The number of likely N-dealkylation sites (tertiary alicyclic amines) is 1. The molecule has 7 heteroatoms. The maximum Gasteiger partial charge on any atom is 0.130 e. The highest BCUT2D eigenvalue weighted by Gasteiger charge is 2.23. The topological polar surface area (TPSA) is 68.1 Å². The lowest BCUT2D eigenvalue weighted by Gasteiger charge is -2.27. The average molecular weight is 469 g/mol. The number of aryl methyl sites for hydroxylation is 1. The smallest absolute Gasteiger partial charge is 0.130 e. The Hall–Kier alpha value is -3.41. The zero-order chi connectivity index (χ0) is 23.6. The number of benzene rings is 1. The van der Waals surface area contributed by atoms with Gasteiger partial charge in [-0.1, -0.05) is 24.8 Å². The molecule has 0 amide bonds. The van der Waals surface area contributed by atoms with Crippen molar-refractivity contribution in [1.82, 2.24) is 30.0 Å². The van der Waals surface area contributed by atoms with Crippen molar-refractivity contribution in [3.8, 4) is 11.4 Å². The standard InChI is InChI=1S/C28H32N6O/c1-2-23-28(31-25-13-4-3-12-24(25)30-23)26-17-22-11-7-10-21(33-14-5-6-15-33)18-27(34(22)32-26)29-20-9-8-16-35-19-20/h3-4,7,12-13,17-18,20,29H,2,5-6,8-9,11,14-16,19H2,1H3/b27-18-/t10?,20-/m0/s1. The molecule has 3 aliphatic heterocycles. The first kappa shape index (κ1) is 22.1. The highest BCUT2D eigenvalue weighted by Crippen LogP contribution is 2.27. The van der Waals surface area contributed by atoms with Gasteiger partial charge in [0.25, 0.3) is 0 Å². The van der Waals surface area contributed by atoms with E-state index in [1.165, 1.54) is 12.8 Å². The summed E-state index contributed by atoms with van der Waals surface area (Å²) in [5, 5.41) is 8.87. The fourth-order valence-corrected chi connectivity index (χ4v) is 5.18. The first-order valence-electron chi connectivity index (χ1n) is 12.9. The average Bonchev–Trinajstić information content (AvgIpc) is 3.57. The lowest BCUT2D eigenvalue weighted by molar-refractivity contribution is 0.0750. The number of allylic oxidation sites excluding steroid dienone is 1. The number of fused-ring (bicyclic) bond motifs is 2. The molecular weight excluding hydrogens is 436 g/mol. The van der Waals surface area contributed by atoms with Gasteiger partial charge in [-0.15, -0.1) is 0 Å². The summed E-state index contributed by atoms with van der Waals surface area (Å²) < 4.78 is 7.83. The Bertz CT molecular complexity index is 1320. The second-order valence-electron chi connectivity index (χ2n) is 9.51. The number of nitrogens with zero attached hydrogens (tertiary/aromatic N) is 5. The zero-order valence-electron chi connectivity index (χ0n) is 20.3. The Balaban J connectivity index is 1.43. The summed E-state index contributed by atoms with van der Waals surface area (Å²) in [5.74, 6) is 0.982. The van der Waals surface area contributed by atoms with E-state index >= 15 is 0 Å². The molecule has 35 heavy (non-hydrogen) atoms. The molecule has 7 nitrogen and oxygen atoms in total. The number of rotatable bonds is 5. The van der Waals surface area contributed by atoms with Crippen LogP contribution in [0.2, 0.25) is 0 Å². The van der Waals surface area contributed by atoms with E-state index in [0.29, 0.717) is 0 Å². The van der Waals surface area contributed by atoms with Crippen LogP contribution in [0.1, 0.15) is 44.0 Å². The number of hydrogen-bond acceptors (Lipinski definition) is 6. The molecule has 3 aliphatic rings. The maximum atomic E-state index is 5.76. The Kier molecular flexibility index (Phi) is 6.11. The van der Waals surface area contributed by atoms with Gasteiger partial charge >= 0.3 is 0 Å². The van der Waals surface area contributed by atoms with Gasteiger partial charge in [-0.25, -0.2) is 14.6 Å². The largest absolute Gasteiger partial charge is 0.379 e. The van der Waals surface area contributed by atoms with Gasteiger partial charge in [0.05, 0.1) is 40.8 Å². The van der Waals surface area contributed by atoms with Crippen LogP contribution in [0.5, 0.6) is 0 Å². The molecule has 0 saturated carbocycles. The van der Waals surface area contributed by atoms with E-state index < -0.39 is 0 Å². The number of hydrogen-bond donors (Lipinski definition) is 1. The highest BCUT2D eigenvalue weighted by molar-refractivity contribution is 5.78. The molecule has 180 valence electrons. The van der Waals surface area contributed by atoms with E-state index in [4.69, 9.17) is 19.8 Å². The second kappa shape index (κ2) is 9.68. The minimum atomic E-state index is 0.269. The lowest BCUT2D eigenvalue weighted by atomic mass is 10.1. The van der Waals surface area contributed by atoms with Gasteiger partial charge in [-0.3, -0.25) is 0 Å². The third-order valence-corrected chi connectivity index (χ3v) is 7.03. The van der Waals surface area contributed by atoms with Gasteiger partial charge < -0.3 is 15.0 Å². The molecule has 2 aromatic heterocycles. The van der Waals surface area contributed by atoms with Gasteiger partial charge in [0, 0.05) is 32.2 Å². The summed E-state index contributed by atoms with van der Waals surface area (Å²) in [7, 11) is 0. The minimum absolute atomic E-state index is 0.269. The lowest BCUT2D eigenvalue weighted by Crippen LogP contribution is -2.38. The molecule has 0 bridgehead atoms. The van der Waals surface area contributed by atoms with Crippen LogP contribution in [0.15, 0.2) is 53.9 Å². The van der Waals surface area contributed by atoms with Crippen molar-refractivity contribution >= 4 is 16.9 Å². The van der Waals surface area contributed by atoms with E-state index in [-0.39, 0.29) is 6.04 Å². The Morgan fingerprint density at radius 3 is 2.71 bits per heavy atom. The molecule has 6 rings (SSSR count). The van der Waals surface area contributed by atoms with Gasteiger partial charge in [0.15, 0.2) is 0 Å². The predicted octanol–water partition coefficient (Wildman–Crippen LogP) is 4.31. The molecule has 0 aliphatic carbocycles. The van der Waals surface area contributed by atoms with Crippen LogP contribution in [-0.4, -0.2) is 57.0 Å². The van der Waals surface area contributed by atoms with Crippen LogP contribution in [0.25, 0.3) is 28.2 Å². The van der Waals surface area contributed by atoms with E-state index in [9.17, 15) is 0 Å². The number of nitrogens with one attached hydrogen (secondary N) is 1. The summed E-state index contributed by atoms with van der Waals surface area (Å²) in [4.78, 5) is 12.3. The Labute approximate surface area is 206 Å². The van der Waals surface area contributed by atoms with Crippen LogP contribution >= 0.6 is 0 Å². The number of para-hydroxylation sites is 2. The fourth-order valence-electron chi connectivity index (χ4n) is 5.18. The van der Waals surface area contributed by atoms with E-state index in [2.05, 4.69) is 45.8 Å². The van der Waals surface area contributed by atoms with Crippen molar-refractivity contribution in [3.63, 3.8) is 0 Å². The first-order chi connectivity index (χ1) is 17.3. The summed E-state index contributed by atoms with van der Waals surface area (Å²) in [5.41, 5.74) is 10.3. The summed E-state index contributed by atoms with van der Waals surface area (Å²) >= 11 is 0. The van der Waals surface area contributed by atoms with Crippen molar-refractivity contribution < 1.29 is 4.74 Å². The van der Waals surface area contributed by atoms with Crippen LogP contribution in [-0.2, 0) is 17.6 Å². The summed E-state index contributed by atoms with van der Waals surface area (Å²) in [6, 6.07) is 10.5. The van der Waals surface area contributed by atoms with Gasteiger partial charge in [-0.2, -0.15) is 5.10 Å². The molecule has 0 spiro atoms. The van der Waals surface area contributed by atoms with Crippen LogP contribution in [0.4, 0.5) is 0 Å². The van der Waals surface area contributed by atoms with Crippen LogP contribution in [0.3, 0.4) is 0 Å². The molecule has 2 saturated heterocycles. The first-order valence-corrected chi connectivity index (χ1v) is 12.9.